The quantitative estimate of drug-likeness (QED) is 0.169. The van der Waals surface area contributed by atoms with Crippen molar-refractivity contribution in [3.63, 3.8) is 0 Å². The highest BCUT2D eigenvalue weighted by atomic mass is 32.2. The Morgan fingerprint density at radius 2 is 1.59 bits per heavy atom. The third-order valence-corrected chi connectivity index (χ3v) is 13.8. The van der Waals surface area contributed by atoms with E-state index in [-0.39, 0.29) is 36.0 Å². The normalized spacial score (nSPS) is 25.1. The molecule has 3 saturated carbocycles. The van der Waals surface area contributed by atoms with Crippen molar-refractivity contribution in [2.45, 2.75) is 128 Å². The highest BCUT2D eigenvalue weighted by Gasteiger charge is 2.79. The van der Waals surface area contributed by atoms with Crippen LogP contribution in [0.5, 0.6) is 0 Å². The van der Waals surface area contributed by atoms with E-state index in [1.54, 1.807) is 44.7 Å². The van der Waals surface area contributed by atoms with Gasteiger partial charge in [-0.15, -0.1) is 6.58 Å². The molecule has 0 aromatic heterocycles. The lowest BCUT2D eigenvalue weighted by molar-refractivity contribution is -0.145. The van der Waals surface area contributed by atoms with Gasteiger partial charge >= 0.3 is 6.03 Å². The Balaban J connectivity index is 1.55. The number of likely N-dealkylation sites (tertiary alicyclic amines) is 1. The molecule has 0 radical (unpaired) electrons. The van der Waals surface area contributed by atoms with E-state index < -0.39 is 73.2 Å². The zero-order valence-electron chi connectivity index (χ0n) is 30.3. The second-order valence-corrected chi connectivity index (χ2v) is 19.4. The minimum atomic E-state index is -3.56. The molecule has 0 bridgehead atoms. The van der Waals surface area contributed by atoms with Gasteiger partial charge in [-0.1, -0.05) is 58.3 Å². The Kier molecular flexibility index (Phi) is 11.2. The standard InChI is InChI=1S/C36H57N5O7S/c1-9-11-15-24(27(42)30(44)37-20-10-2)38-29(43)26-25-23(36(25)18-19-36)21-41(26)31(45)28(33(3,4)5)39-32(46)40-35(16-13-12-14-17-35)22-49(47,48)34(6,7)8/h9-11,23-26,28H,2,12-22H2,1,3-8H3,(H,37,44)(H,38,43)(H2,39,40,46)/b11-9+/t23?,24?,25?,26-,28+/m0/s1. The number of piperidine rings is 1. The van der Waals surface area contributed by atoms with E-state index in [0.717, 1.165) is 32.1 Å². The lowest BCUT2D eigenvalue weighted by Gasteiger charge is -2.41. The molecule has 0 aromatic rings. The summed E-state index contributed by atoms with van der Waals surface area (Å²) >= 11 is 0. The number of rotatable bonds is 13. The first-order valence-electron chi connectivity index (χ1n) is 17.7. The fraction of sp³-hybridized carbons (Fsp3) is 0.750. The molecule has 1 heterocycles. The number of hydrogen-bond donors (Lipinski definition) is 4. The molecule has 1 spiro atoms. The van der Waals surface area contributed by atoms with Crippen molar-refractivity contribution in [1.29, 1.82) is 0 Å². The molecule has 5 atom stereocenters. The molecule has 12 nitrogen and oxygen atoms in total. The first-order chi connectivity index (χ1) is 22.7. The highest BCUT2D eigenvalue weighted by molar-refractivity contribution is 7.92. The van der Waals surface area contributed by atoms with Crippen molar-refractivity contribution in [1.82, 2.24) is 26.2 Å². The molecular weight excluding hydrogens is 646 g/mol. The second kappa shape index (κ2) is 14.2. The molecule has 1 aliphatic heterocycles. The summed E-state index contributed by atoms with van der Waals surface area (Å²) in [4.78, 5) is 69.4. The van der Waals surface area contributed by atoms with Gasteiger partial charge in [0.2, 0.25) is 17.6 Å². The molecule has 4 aliphatic rings. The summed E-state index contributed by atoms with van der Waals surface area (Å²) in [6, 6.07) is -3.61. The van der Waals surface area contributed by atoms with Crippen LogP contribution in [0.4, 0.5) is 4.79 Å². The summed E-state index contributed by atoms with van der Waals surface area (Å²) in [6.45, 7) is 16.3. The Hall–Kier alpha value is -3.22. The van der Waals surface area contributed by atoms with Crippen LogP contribution < -0.4 is 21.3 Å². The van der Waals surface area contributed by atoms with Crippen LogP contribution in [0.25, 0.3) is 0 Å². The number of carbonyl (C=O) groups excluding carboxylic acids is 5. The zero-order chi connectivity index (χ0) is 36.6. The number of sulfone groups is 1. The molecule has 3 aliphatic carbocycles. The number of urea groups is 1. The van der Waals surface area contributed by atoms with Gasteiger partial charge in [-0.25, -0.2) is 13.2 Å². The lowest BCUT2D eigenvalue weighted by Crippen LogP contribution is -2.64. The minimum absolute atomic E-state index is 0.0247. The largest absolute Gasteiger partial charge is 0.346 e. The van der Waals surface area contributed by atoms with Crippen molar-refractivity contribution < 1.29 is 32.4 Å². The van der Waals surface area contributed by atoms with Gasteiger partial charge in [0.25, 0.3) is 5.91 Å². The molecule has 5 amide bonds. The molecule has 274 valence electrons. The number of hydrogen-bond acceptors (Lipinski definition) is 7. The summed E-state index contributed by atoms with van der Waals surface area (Å²) < 4.78 is 25.6. The van der Waals surface area contributed by atoms with Crippen LogP contribution in [0.15, 0.2) is 24.8 Å². The predicted octanol–water partition coefficient (Wildman–Crippen LogP) is 3.18. The maximum atomic E-state index is 14.4. The van der Waals surface area contributed by atoms with Gasteiger partial charge in [-0.05, 0) is 82.5 Å². The Morgan fingerprint density at radius 3 is 2.12 bits per heavy atom. The number of allylic oxidation sites excluding steroid dienone is 1. The maximum Gasteiger partial charge on any atom is 0.315 e. The number of ketones is 1. The van der Waals surface area contributed by atoms with Crippen molar-refractivity contribution in [2.75, 3.05) is 18.8 Å². The van der Waals surface area contributed by atoms with Crippen molar-refractivity contribution >= 4 is 39.4 Å². The monoisotopic (exact) mass is 703 g/mol. The smallest absolute Gasteiger partial charge is 0.315 e. The summed E-state index contributed by atoms with van der Waals surface area (Å²) in [5, 5.41) is 11.2. The van der Waals surface area contributed by atoms with Crippen LogP contribution in [0.3, 0.4) is 0 Å². The van der Waals surface area contributed by atoms with Crippen LogP contribution in [-0.2, 0) is 29.0 Å². The van der Waals surface area contributed by atoms with Crippen LogP contribution in [0.2, 0.25) is 0 Å². The van der Waals surface area contributed by atoms with E-state index in [0.29, 0.717) is 19.4 Å². The molecule has 1 saturated heterocycles. The summed E-state index contributed by atoms with van der Waals surface area (Å²) in [7, 11) is -3.56. The third-order valence-electron chi connectivity index (χ3n) is 11.0. The number of nitrogens with one attached hydrogen (secondary N) is 4. The number of carbonyl (C=O) groups is 5. The van der Waals surface area contributed by atoms with Crippen LogP contribution in [0, 0.1) is 22.7 Å². The Bertz CT molecular complexity index is 1460. The maximum absolute atomic E-state index is 14.4. The van der Waals surface area contributed by atoms with Gasteiger partial charge in [0.15, 0.2) is 9.84 Å². The van der Waals surface area contributed by atoms with Crippen molar-refractivity contribution in [2.24, 2.45) is 22.7 Å². The summed E-state index contributed by atoms with van der Waals surface area (Å²) in [5.41, 5.74) is -1.69. The second-order valence-electron chi connectivity index (χ2n) is 16.6. The molecule has 49 heavy (non-hydrogen) atoms. The molecular formula is C36H57N5O7S. The van der Waals surface area contributed by atoms with Crippen LogP contribution >= 0.6 is 0 Å². The van der Waals surface area contributed by atoms with Crippen molar-refractivity contribution in [3.8, 4) is 0 Å². The van der Waals surface area contributed by atoms with Gasteiger partial charge in [0.1, 0.15) is 18.1 Å². The van der Waals surface area contributed by atoms with Gasteiger partial charge in [-0.2, -0.15) is 0 Å². The van der Waals surface area contributed by atoms with Crippen molar-refractivity contribution in [3.05, 3.63) is 24.8 Å². The number of Topliss-reactive ketones (excluding diaryl/α,β-unsaturated/α-hetero) is 1. The summed E-state index contributed by atoms with van der Waals surface area (Å²) in [5.74, 6) is -2.62. The topological polar surface area (TPSA) is 171 Å². The average molecular weight is 704 g/mol. The predicted molar refractivity (Wildman–Crippen MR) is 188 cm³/mol. The molecule has 4 fully saturated rings. The zero-order valence-corrected chi connectivity index (χ0v) is 31.1. The van der Waals surface area contributed by atoms with Gasteiger partial charge in [-0.3, -0.25) is 19.2 Å². The lowest BCUT2D eigenvalue weighted by atomic mass is 9.83. The van der Waals surface area contributed by atoms with E-state index in [1.807, 2.05) is 20.8 Å². The first-order valence-corrected chi connectivity index (χ1v) is 19.3. The summed E-state index contributed by atoms with van der Waals surface area (Å²) in [6.07, 6.45) is 10.5. The minimum Gasteiger partial charge on any atom is -0.346 e. The van der Waals surface area contributed by atoms with E-state index in [4.69, 9.17) is 0 Å². The molecule has 0 aromatic carbocycles. The van der Waals surface area contributed by atoms with Gasteiger partial charge in [0.05, 0.1) is 16.0 Å². The van der Waals surface area contributed by atoms with E-state index in [9.17, 15) is 32.4 Å². The fourth-order valence-corrected chi connectivity index (χ4v) is 9.37. The molecule has 3 unspecified atom stereocenters. The average Bonchev–Trinajstić information content (AvgIpc) is 3.86. The third kappa shape index (κ3) is 8.23. The molecule has 4 N–H and O–H groups in total. The number of nitrogens with zero attached hydrogens (tertiary/aromatic N) is 1. The van der Waals surface area contributed by atoms with E-state index in [1.165, 1.54) is 6.08 Å². The fourth-order valence-electron chi connectivity index (χ4n) is 7.85. The molecule has 13 heteroatoms. The van der Waals surface area contributed by atoms with Crippen LogP contribution in [0.1, 0.15) is 99.8 Å². The van der Waals surface area contributed by atoms with E-state index in [2.05, 4.69) is 27.8 Å². The number of amides is 5. The van der Waals surface area contributed by atoms with Crippen LogP contribution in [-0.4, -0.2) is 90.1 Å². The van der Waals surface area contributed by atoms with Gasteiger partial charge < -0.3 is 26.2 Å². The number of fused-ring (bicyclic) bond motifs is 3. The first kappa shape index (κ1) is 38.6. The van der Waals surface area contributed by atoms with Gasteiger partial charge in [0, 0.05) is 13.1 Å². The Labute approximate surface area is 292 Å². The SMILES string of the molecule is C=CCNC(=O)C(=O)C(C/C=C/C)NC(=O)[C@@H]1C2C(CN1C(=O)[C@@H](NC(=O)NC1(CS(=O)(=O)C(C)(C)C)CCCCC1)C(C)(C)C)C21CC1. The Morgan fingerprint density at radius 1 is 0.959 bits per heavy atom. The molecule has 4 rings (SSSR count). The van der Waals surface area contributed by atoms with E-state index >= 15 is 0 Å². The highest BCUT2D eigenvalue weighted by Crippen LogP contribution is 2.78.